The van der Waals surface area contributed by atoms with E-state index >= 15 is 0 Å². The maximum absolute atomic E-state index is 5.47. The minimum Gasteiger partial charge on any atom is -0.334 e. The summed E-state index contributed by atoms with van der Waals surface area (Å²) >= 11 is 0. The van der Waals surface area contributed by atoms with Crippen molar-refractivity contribution in [2.45, 2.75) is 12.8 Å². The average molecular weight is 253 g/mol. The second-order valence-electron chi connectivity index (χ2n) is 4.47. The van der Waals surface area contributed by atoms with E-state index in [9.17, 15) is 0 Å². The molecule has 3 rings (SSSR count). The summed E-state index contributed by atoms with van der Waals surface area (Å²) in [6.45, 7) is 0.639. The number of benzene rings is 2. The van der Waals surface area contributed by atoms with Gasteiger partial charge >= 0.3 is 0 Å². The molecule has 0 saturated carbocycles. The average Bonchev–Trinajstić information content (AvgIpc) is 2.93. The van der Waals surface area contributed by atoms with Gasteiger partial charge in [-0.2, -0.15) is 4.98 Å². The second kappa shape index (κ2) is 5.20. The Bertz CT molecular complexity index is 690. The molecule has 3 aromatic rings. The number of nitrogens with zero attached hydrogens (tertiary/aromatic N) is 2. The molecule has 0 fully saturated rings. The lowest BCUT2D eigenvalue weighted by Gasteiger charge is -1.98. The van der Waals surface area contributed by atoms with Crippen LogP contribution in [0.25, 0.3) is 22.2 Å². The SMILES string of the molecule is NCCCc1noc(-c2ccc3ccccc3c2)n1. The van der Waals surface area contributed by atoms with Crippen molar-refractivity contribution in [1.82, 2.24) is 10.1 Å². The van der Waals surface area contributed by atoms with Gasteiger partial charge in [0.1, 0.15) is 0 Å². The minimum absolute atomic E-state index is 0.567. The molecule has 0 atom stereocenters. The quantitative estimate of drug-likeness (QED) is 0.776. The summed E-state index contributed by atoms with van der Waals surface area (Å²) < 4.78 is 5.29. The molecule has 0 saturated heterocycles. The van der Waals surface area contributed by atoms with Gasteiger partial charge in [0.15, 0.2) is 5.82 Å². The van der Waals surface area contributed by atoms with E-state index in [-0.39, 0.29) is 0 Å². The van der Waals surface area contributed by atoms with Gasteiger partial charge in [0, 0.05) is 12.0 Å². The predicted molar refractivity (Wildman–Crippen MR) is 74.6 cm³/mol. The highest BCUT2D eigenvalue weighted by molar-refractivity contribution is 5.86. The fraction of sp³-hybridized carbons (Fsp3) is 0.200. The van der Waals surface area contributed by atoms with Crippen molar-refractivity contribution in [3.8, 4) is 11.5 Å². The molecule has 2 N–H and O–H groups in total. The van der Waals surface area contributed by atoms with Crippen molar-refractivity contribution in [3.63, 3.8) is 0 Å². The lowest BCUT2D eigenvalue weighted by molar-refractivity contribution is 0.422. The summed E-state index contributed by atoms with van der Waals surface area (Å²) in [5.41, 5.74) is 6.42. The Balaban J connectivity index is 1.92. The maximum Gasteiger partial charge on any atom is 0.257 e. The third-order valence-electron chi connectivity index (χ3n) is 3.07. The molecule has 0 bridgehead atoms. The van der Waals surface area contributed by atoms with Crippen LogP contribution in [0.2, 0.25) is 0 Å². The van der Waals surface area contributed by atoms with Gasteiger partial charge in [-0.3, -0.25) is 0 Å². The normalized spacial score (nSPS) is 11.0. The Morgan fingerprint density at radius 3 is 2.74 bits per heavy atom. The summed E-state index contributed by atoms with van der Waals surface area (Å²) in [7, 11) is 0. The van der Waals surface area contributed by atoms with Gasteiger partial charge in [-0.25, -0.2) is 0 Å². The van der Waals surface area contributed by atoms with Gasteiger partial charge in [0.2, 0.25) is 0 Å². The van der Waals surface area contributed by atoms with Crippen LogP contribution < -0.4 is 5.73 Å². The van der Waals surface area contributed by atoms with E-state index < -0.39 is 0 Å². The molecule has 96 valence electrons. The van der Waals surface area contributed by atoms with Crippen LogP contribution in [0.4, 0.5) is 0 Å². The first kappa shape index (κ1) is 11.9. The fourth-order valence-corrected chi connectivity index (χ4v) is 2.06. The van der Waals surface area contributed by atoms with Crippen molar-refractivity contribution >= 4 is 10.8 Å². The predicted octanol–water partition coefficient (Wildman–Crippen LogP) is 2.78. The Morgan fingerprint density at radius 2 is 1.89 bits per heavy atom. The highest BCUT2D eigenvalue weighted by Gasteiger charge is 2.08. The molecule has 0 unspecified atom stereocenters. The standard InChI is InChI=1S/C15H15N3O/c16-9-3-6-14-17-15(19-18-14)13-8-7-11-4-1-2-5-12(11)10-13/h1-2,4-5,7-8,10H,3,6,9,16H2. The summed E-state index contributed by atoms with van der Waals surface area (Å²) in [6, 6.07) is 14.3. The Morgan fingerprint density at radius 1 is 1.05 bits per heavy atom. The Kier molecular flexibility index (Phi) is 3.25. The minimum atomic E-state index is 0.567. The first-order valence-electron chi connectivity index (χ1n) is 6.38. The second-order valence-corrected chi connectivity index (χ2v) is 4.47. The maximum atomic E-state index is 5.47. The van der Waals surface area contributed by atoms with Crippen LogP contribution in [0.5, 0.6) is 0 Å². The molecule has 1 heterocycles. The number of hydrogen-bond acceptors (Lipinski definition) is 4. The molecule has 4 heteroatoms. The zero-order valence-corrected chi connectivity index (χ0v) is 10.5. The topological polar surface area (TPSA) is 64.9 Å². The molecule has 1 aromatic heterocycles. The van der Waals surface area contributed by atoms with Crippen LogP contribution in [-0.2, 0) is 6.42 Å². The van der Waals surface area contributed by atoms with E-state index in [2.05, 4.69) is 34.4 Å². The van der Waals surface area contributed by atoms with Gasteiger partial charge < -0.3 is 10.3 Å². The van der Waals surface area contributed by atoms with Crippen LogP contribution in [-0.4, -0.2) is 16.7 Å². The first-order valence-corrected chi connectivity index (χ1v) is 6.38. The lowest BCUT2D eigenvalue weighted by Crippen LogP contribution is -2.01. The third kappa shape index (κ3) is 2.48. The van der Waals surface area contributed by atoms with Gasteiger partial charge in [-0.15, -0.1) is 0 Å². The summed E-state index contributed by atoms with van der Waals surface area (Å²) in [4.78, 5) is 4.39. The summed E-state index contributed by atoms with van der Waals surface area (Å²) in [5.74, 6) is 1.28. The van der Waals surface area contributed by atoms with E-state index in [0.717, 1.165) is 18.4 Å². The fourth-order valence-electron chi connectivity index (χ4n) is 2.06. The van der Waals surface area contributed by atoms with Crippen LogP contribution >= 0.6 is 0 Å². The van der Waals surface area contributed by atoms with E-state index in [1.807, 2.05) is 18.2 Å². The van der Waals surface area contributed by atoms with Gasteiger partial charge in [-0.1, -0.05) is 35.5 Å². The summed E-state index contributed by atoms with van der Waals surface area (Å²) in [6.07, 6.45) is 1.63. The lowest BCUT2D eigenvalue weighted by atomic mass is 10.1. The van der Waals surface area contributed by atoms with Crippen LogP contribution in [0.3, 0.4) is 0 Å². The number of hydrogen-bond donors (Lipinski definition) is 1. The zero-order valence-electron chi connectivity index (χ0n) is 10.5. The number of rotatable bonds is 4. The highest BCUT2D eigenvalue weighted by atomic mass is 16.5. The molecule has 0 aliphatic heterocycles. The largest absolute Gasteiger partial charge is 0.334 e. The van der Waals surface area contributed by atoms with E-state index in [1.165, 1.54) is 10.8 Å². The van der Waals surface area contributed by atoms with Crippen molar-refractivity contribution in [3.05, 3.63) is 48.3 Å². The number of aryl methyl sites for hydroxylation is 1. The molecule has 0 aliphatic carbocycles. The number of aromatic nitrogens is 2. The molecule has 0 amide bonds. The third-order valence-corrected chi connectivity index (χ3v) is 3.07. The summed E-state index contributed by atoms with van der Waals surface area (Å²) in [5, 5.41) is 6.34. The van der Waals surface area contributed by atoms with Crippen molar-refractivity contribution in [2.75, 3.05) is 6.54 Å². The smallest absolute Gasteiger partial charge is 0.257 e. The monoisotopic (exact) mass is 253 g/mol. The molecule has 2 aromatic carbocycles. The number of fused-ring (bicyclic) bond motifs is 1. The van der Waals surface area contributed by atoms with Gasteiger partial charge in [-0.05, 0) is 35.9 Å². The van der Waals surface area contributed by atoms with Crippen LogP contribution in [0.1, 0.15) is 12.2 Å². The Hall–Kier alpha value is -2.20. The molecule has 0 radical (unpaired) electrons. The molecular formula is C15H15N3O. The van der Waals surface area contributed by atoms with E-state index in [0.29, 0.717) is 18.3 Å². The Labute approximate surface area is 111 Å². The van der Waals surface area contributed by atoms with Gasteiger partial charge in [0.05, 0.1) is 0 Å². The van der Waals surface area contributed by atoms with Crippen molar-refractivity contribution in [2.24, 2.45) is 5.73 Å². The number of nitrogens with two attached hydrogens (primary N) is 1. The molecule has 4 nitrogen and oxygen atoms in total. The molecule has 19 heavy (non-hydrogen) atoms. The first-order chi connectivity index (χ1) is 9.36. The van der Waals surface area contributed by atoms with Crippen LogP contribution in [0, 0.1) is 0 Å². The van der Waals surface area contributed by atoms with Crippen molar-refractivity contribution in [1.29, 1.82) is 0 Å². The van der Waals surface area contributed by atoms with Crippen molar-refractivity contribution < 1.29 is 4.52 Å². The zero-order chi connectivity index (χ0) is 13.1. The van der Waals surface area contributed by atoms with E-state index in [1.54, 1.807) is 0 Å². The van der Waals surface area contributed by atoms with Crippen LogP contribution in [0.15, 0.2) is 47.0 Å². The van der Waals surface area contributed by atoms with E-state index in [4.69, 9.17) is 10.3 Å². The molecule has 0 spiro atoms. The van der Waals surface area contributed by atoms with Gasteiger partial charge in [0.25, 0.3) is 5.89 Å². The molecular weight excluding hydrogens is 238 g/mol. The molecule has 0 aliphatic rings. The highest BCUT2D eigenvalue weighted by Crippen LogP contribution is 2.23.